The van der Waals surface area contributed by atoms with Gasteiger partial charge in [0.2, 0.25) is 0 Å². The van der Waals surface area contributed by atoms with Gasteiger partial charge in [-0.05, 0) is 55.3 Å². The second-order valence-corrected chi connectivity index (χ2v) is 5.29. The van der Waals surface area contributed by atoms with Gasteiger partial charge >= 0.3 is 6.09 Å². The molecule has 0 unspecified atom stereocenters. The second-order valence-electron chi connectivity index (χ2n) is 4.86. The molecule has 2 aromatic carbocycles. The summed E-state index contributed by atoms with van der Waals surface area (Å²) in [6.45, 7) is 4.78. The minimum Gasteiger partial charge on any atom is -0.450 e. The fourth-order valence-electron chi connectivity index (χ4n) is 2.02. The number of nitrogens with one attached hydrogen (secondary N) is 2. The molecule has 0 aliphatic heterocycles. The van der Waals surface area contributed by atoms with Crippen molar-refractivity contribution >= 4 is 29.1 Å². The van der Waals surface area contributed by atoms with E-state index in [1.54, 1.807) is 6.92 Å². The van der Waals surface area contributed by atoms with Crippen molar-refractivity contribution in [2.75, 3.05) is 17.2 Å². The maximum Gasteiger partial charge on any atom is 0.411 e. The Morgan fingerprint density at radius 2 is 1.91 bits per heavy atom. The van der Waals surface area contributed by atoms with Crippen LogP contribution in [0.15, 0.2) is 42.5 Å². The first-order chi connectivity index (χ1) is 10.6. The maximum atomic E-state index is 11.4. The van der Waals surface area contributed by atoms with Crippen LogP contribution in [-0.2, 0) is 11.3 Å². The molecule has 0 aromatic heterocycles. The first kappa shape index (κ1) is 16.2. The Balaban J connectivity index is 1.97. The zero-order valence-corrected chi connectivity index (χ0v) is 13.4. The zero-order valence-electron chi connectivity index (χ0n) is 12.7. The van der Waals surface area contributed by atoms with Crippen LogP contribution in [0.25, 0.3) is 0 Å². The molecule has 4 nitrogen and oxygen atoms in total. The molecule has 0 atom stereocenters. The predicted octanol–water partition coefficient (Wildman–Crippen LogP) is 4.83. The Labute approximate surface area is 135 Å². The van der Waals surface area contributed by atoms with E-state index in [4.69, 9.17) is 16.3 Å². The molecule has 0 aliphatic rings. The number of anilines is 2. The predicted molar refractivity (Wildman–Crippen MR) is 90.6 cm³/mol. The quantitative estimate of drug-likeness (QED) is 0.830. The molecule has 1 amide bonds. The van der Waals surface area contributed by atoms with Crippen molar-refractivity contribution in [1.82, 2.24) is 0 Å². The number of aryl methyl sites for hydroxylation is 1. The maximum absolute atomic E-state index is 11.4. The van der Waals surface area contributed by atoms with Gasteiger partial charge in [0, 0.05) is 22.9 Å². The van der Waals surface area contributed by atoms with E-state index in [2.05, 4.69) is 10.6 Å². The van der Waals surface area contributed by atoms with E-state index >= 15 is 0 Å². The normalized spacial score (nSPS) is 10.1. The molecule has 5 heteroatoms. The summed E-state index contributed by atoms with van der Waals surface area (Å²) in [5.74, 6) is 0. The van der Waals surface area contributed by atoms with E-state index in [1.807, 2.05) is 49.4 Å². The lowest BCUT2D eigenvalue weighted by Gasteiger charge is -2.11. The van der Waals surface area contributed by atoms with Crippen LogP contribution in [0, 0.1) is 6.92 Å². The van der Waals surface area contributed by atoms with Crippen molar-refractivity contribution in [3.63, 3.8) is 0 Å². The average Bonchev–Trinajstić information content (AvgIpc) is 2.49. The van der Waals surface area contributed by atoms with Crippen molar-refractivity contribution in [1.29, 1.82) is 0 Å². The Kier molecular flexibility index (Phi) is 5.67. The Morgan fingerprint density at radius 3 is 2.55 bits per heavy atom. The van der Waals surface area contributed by atoms with E-state index < -0.39 is 6.09 Å². The van der Waals surface area contributed by atoms with Crippen LogP contribution in [-0.4, -0.2) is 12.7 Å². The van der Waals surface area contributed by atoms with Gasteiger partial charge in [-0.2, -0.15) is 0 Å². The first-order valence-corrected chi connectivity index (χ1v) is 7.49. The van der Waals surface area contributed by atoms with Gasteiger partial charge in [0.05, 0.1) is 6.61 Å². The summed E-state index contributed by atoms with van der Waals surface area (Å²) in [5, 5.41) is 6.77. The Hall–Kier alpha value is -2.20. The van der Waals surface area contributed by atoms with Crippen LogP contribution in [0.2, 0.25) is 5.02 Å². The lowest BCUT2D eigenvalue weighted by molar-refractivity contribution is 0.168. The highest BCUT2D eigenvalue weighted by Gasteiger charge is 2.05. The van der Waals surface area contributed by atoms with Crippen LogP contribution in [0.3, 0.4) is 0 Å². The lowest BCUT2D eigenvalue weighted by Crippen LogP contribution is -2.14. The van der Waals surface area contributed by atoms with Gasteiger partial charge < -0.3 is 10.1 Å². The molecule has 0 saturated heterocycles. The van der Waals surface area contributed by atoms with Gasteiger partial charge in [0.1, 0.15) is 0 Å². The van der Waals surface area contributed by atoms with Gasteiger partial charge in [-0.1, -0.05) is 23.7 Å². The SMILES string of the molecule is CCOC(=O)Nc1ccc(CNc2ccc(Cl)cc2)cc1C. The monoisotopic (exact) mass is 318 g/mol. The number of amides is 1. The Morgan fingerprint density at radius 1 is 1.18 bits per heavy atom. The van der Waals surface area contributed by atoms with Crippen molar-refractivity contribution in [3.05, 3.63) is 58.6 Å². The summed E-state index contributed by atoms with van der Waals surface area (Å²) in [5.41, 5.74) is 3.88. The number of rotatable bonds is 5. The summed E-state index contributed by atoms with van der Waals surface area (Å²) in [4.78, 5) is 11.4. The van der Waals surface area contributed by atoms with E-state index in [0.29, 0.717) is 13.2 Å². The highest BCUT2D eigenvalue weighted by molar-refractivity contribution is 6.30. The van der Waals surface area contributed by atoms with Crippen molar-refractivity contribution in [2.45, 2.75) is 20.4 Å². The van der Waals surface area contributed by atoms with Crippen LogP contribution in [0.4, 0.5) is 16.2 Å². The Bertz CT molecular complexity index is 642. The molecule has 0 radical (unpaired) electrons. The van der Waals surface area contributed by atoms with Gasteiger partial charge in [0.15, 0.2) is 0 Å². The topological polar surface area (TPSA) is 50.4 Å². The van der Waals surface area contributed by atoms with E-state index in [0.717, 1.165) is 27.5 Å². The molecule has 0 bridgehead atoms. The molecule has 2 aromatic rings. The van der Waals surface area contributed by atoms with E-state index in [1.165, 1.54) is 0 Å². The van der Waals surface area contributed by atoms with Gasteiger partial charge in [0.25, 0.3) is 0 Å². The minimum absolute atomic E-state index is 0.355. The number of hydrogen-bond acceptors (Lipinski definition) is 3. The molecule has 0 saturated carbocycles. The van der Waals surface area contributed by atoms with Gasteiger partial charge in [-0.25, -0.2) is 4.79 Å². The van der Waals surface area contributed by atoms with Crippen LogP contribution >= 0.6 is 11.6 Å². The first-order valence-electron chi connectivity index (χ1n) is 7.11. The van der Waals surface area contributed by atoms with Crippen molar-refractivity contribution in [3.8, 4) is 0 Å². The highest BCUT2D eigenvalue weighted by Crippen LogP contribution is 2.19. The number of ether oxygens (including phenoxy) is 1. The average molecular weight is 319 g/mol. The second kappa shape index (κ2) is 7.71. The third-order valence-corrected chi connectivity index (χ3v) is 3.40. The summed E-state index contributed by atoms with van der Waals surface area (Å²) < 4.78 is 4.87. The number of carbonyl (C=O) groups is 1. The number of hydrogen-bond donors (Lipinski definition) is 2. The molecule has 0 aliphatic carbocycles. The van der Waals surface area contributed by atoms with Crippen LogP contribution in [0.5, 0.6) is 0 Å². The molecule has 2 rings (SSSR count). The summed E-state index contributed by atoms with van der Waals surface area (Å²) >= 11 is 5.86. The molecule has 116 valence electrons. The standard InChI is InChI=1S/C17H19ClN2O2/c1-3-22-17(21)20-16-9-4-13(10-12(16)2)11-19-15-7-5-14(18)6-8-15/h4-10,19H,3,11H2,1-2H3,(H,20,21). The summed E-state index contributed by atoms with van der Waals surface area (Å²) in [6.07, 6.45) is -0.433. The number of carbonyl (C=O) groups excluding carboxylic acids is 1. The van der Waals surface area contributed by atoms with E-state index in [9.17, 15) is 4.79 Å². The molecule has 2 N–H and O–H groups in total. The van der Waals surface area contributed by atoms with Crippen molar-refractivity contribution in [2.24, 2.45) is 0 Å². The van der Waals surface area contributed by atoms with Gasteiger partial charge in [-0.3, -0.25) is 5.32 Å². The minimum atomic E-state index is -0.433. The molecule has 0 fully saturated rings. The smallest absolute Gasteiger partial charge is 0.411 e. The molecular formula is C17H19ClN2O2. The molecular weight excluding hydrogens is 300 g/mol. The number of benzene rings is 2. The fraction of sp³-hybridized carbons (Fsp3) is 0.235. The fourth-order valence-corrected chi connectivity index (χ4v) is 2.15. The van der Waals surface area contributed by atoms with Gasteiger partial charge in [-0.15, -0.1) is 0 Å². The number of halogens is 1. The van der Waals surface area contributed by atoms with Crippen LogP contribution < -0.4 is 10.6 Å². The highest BCUT2D eigenvalue weighted by atomic mass is 35.5. The summed E-state index contributed by atoms with van der Waals surface area (Å²) in [6, 6.07) is 13.5. The third kappa shape index (κ3) is 4.67. The lowest BCUT2D eigenvalue weighted by atomic mass is 10.1. The molecule has 22 heavy (non-hydrogen) atoms. The van der Waals surface area contributed by atoms with Crippen molar-refractivity contribution < 1.29 is 9.53 Å². The van der Waals surface area contributed by atoms with E-state index in [-0.39, 0.29) is 0 Å². The zero-order chi connectivity index (χ0) is 15.9. The third-order valence-electron chi connectivity index (χ3n) is 3.14. The largest absolute Gasteiger partial charge is 0.450 e. The van der Waals surface area contributed by atoms with Crippen LogP contribution in [0.1, 0.15) is 18.1 Å². The molecule has 0 heterocycles. The summed E-state index contributed by atoms with van der Waals surface area (Å²) in [7, 11) is 0. The molecule has 0 spiro atoms.